The lowest BCUT2D eigenvalue weighted by Crippen LogP contribution is -2.22. The Bertz CT molecular complexity index is 839. The topological polar surface area (TPSA) is 61.9 Å². The number of thiazole rings is 1. The first-order chi connectivity index (χ1) is 10.6. The molecular weight excluding hydrogens is 296 g/mol. The predicted molar refractivity (Wildman–Crippen MR) is 89.3 cm³/mol. The molecule has 0 saturated carbocycles. The van der Waals surface area contributed by atoms with E-state index in [1.54, 1.807) is 17.4 Å². The highest BCUT2D eigenvalue weighted by molar-refractivity contribution is 7.11. The van der Waals surface area contributed by atoms with E-state index in [-0.39, 0.29) is 5.56 Å². The average molecular weight is 314 g/mol. The number of benzene rings is 1. The molecule has 1 aromatic carbocycles. The van der Waals surface area contributed by atoms with E-state index < -0.39 is 0 Å². The molecule has 0 fully saturated rings. The molecule has 1 N–H and O–H groups in total. The van der Waals surface area contributed by atoms with Gasteiger partial charge >= 0.3 is 0 Å². The summed E-state index contributed by atoms with van der Waals surface area (Å²) >= 11 is 1.72. The Morgan fingerprint density at radius 3 is 2.91 bits per heavy atom. The molecule has 3 rings (SSSR count). The molecule has 2 aromatic heterocycles. The van der Waals surface area contributed by atoms with Gasteiger partial charge in [-0.2, -0.15) is 0 Å². The van der Waals surface area contributed by atoms with Crippen LogP contribution in [0.3, 0.4) is 0 Å². The van der Waals surface area contributed by atoms with Gasteiger partial charge in [-0.3, -0.25) is 4.79 Å². The molecule has 0 unspecified atom stereocenters. The average Bonchev–Trinajstić information content (AvgIpc) is 2.90. The van der Waals surface area contributed by atoms with Gasteiger partial charge < -0.3 is 9.88 Å². The van der Waals surface area contributed by atoms with Crippen molar-refractivity contribution >= 4 is 22.2 Å². The van der Waals surface area contributed by atoms with Gasteiger partial charge in [-0.15, -0.1) is 11.3 Å². The Morgan fingerprint density at radius 1 is 1.32 bits per heavy atom. The van der Waals surface area contributed by atoms with E-state index in [2.05, 4.69) is 26.9 Å². The quantitative estimate of drug-likeness (QED) is 0.785. The van der Waals surface area contributed by atoms with E-state index in [9.17, 15) is 4.79 Å². The fourth-order valence-electron chi connectivity index (χ4n) is 2.37. The first-order valence-corrected chi connectivity index (χ1v) is 8.01. The molecule has 0 radical (unpaired) electrons. The molecule has 3 aromatic rings. The lowest BCUT2D eigenvalue weighted by molar-refractivity contribution is 0.331. The third-order valence-electron chi connectivity index (χ3n) is 3.49. The maximum atomic E-state index is 12.0. The molecule has 0 aliphatic rings. The zero-order chi connectivity index (χ0) is 15.5. The molecule has 5 nitrogen and oxygen atoms in total. The second kappa shape index (κ2) is 6.37. The highest BCUT2D eigenvalue weighted by Gasteiger charge is 2.07. The summed E-state index contributed by atoms with van der Waals surface area (Å²) < 4.78 is 0. The van der Waals surface area contributed by atoms with Crippen LogP contribution in [0.2, 0.25) is 0 Å². The number of hydrogen-bond donors (Lipinski definition) is 1. The first-order valence-electron chi connectivity index (χ1n) is 7.19. The summed E-state index contributed by atoms with van der Waals surface area (Å²) in [6, 6.07) is 7.42. The van der Waals surface area contributed by atoms with Gasteiger partial charge in [-0.1, -0.05) is 12.1 Å². The minimum Gasteiger partial charge on any atom is -0.310 e. The van der Waals surface area contributed by atoms with E-state index in [0.29, 0.717) is 11.8 Å². The lowest BCUT2D eigenvalue weighted by Gasteiger charge is -2.14. The molecule has 0 spiro atoms. The molecular formula is C16H18N4OS. The van der Waals surface area contributed by atoms with Crippen molar-refractivity contribution in [3.05, 3.63) is 56.5 Å². The molecule has 0 atom stereocenters. The molecule has 0 amide bonds. The number of hydrogen-bond acceptors (Lipinski definition) is 5. The van der Waals surface area contributed by atoms with E-state index in [1.807, 2.05) is 31.3 Å². The monoisotopic (exact) mass is 314 g/mol. The second-order valence-corrected chi connectivity index (χ2v) is 6.68. The largest absolute Gasteiger partial charge is 0.310 e. The second-order valence-electron chi connectivity index (χ2n) is 5.36. The standard InChI is InChI=1S/C16H18N4OS/c1-11-17-9-12(22-11)10-20(2)8-7-15-18-14-6-4-3-5-13(14)16(21)19-15/h3-6,9H,7-8,10H2,1-2H3,(H,18,19,21). The summed E-state index contributed by atoms with van der Waals surface area (Å²) in [6.07, 6.45) is 2.64. The Hall–Kier alpha value is -2.05. The number of aryl methyl sites for hydroxylation is 1. The van der Waals surface area contributed by atoms with Crippen molar-refractivity contribution in [1.29, 1.82) is 0 Å². The molecule has 0 bridgehead atoms. The van der Waals surface area contributed by atoms with Gasteiger partial charge in [0.25, 0.3) is 5.56 Å². The predicted octanol–water partition coefficient (Wildman–Crippen LogP) is 2.36. The Labute approximate surface area is 132 Å². The number of fused-ring (bicyclic) bond motifs is 1. The maximum Gasteiger partial charge on any atom is 0.258 e. The smallest absolute Gasteiger partial charge is 0.258 e. The van der Waals surface area contributed by atoms with Crippen molar-refractivity contribution in [3.63, 3.8) is 0 Å². The van der Waals surface area contributed by atoms with Crippen LogP contribution in [-0.4, -0.2) is 33.4 Å². The molecule has 6 heteroatoms. The number of aromatic amines is 1. The number of nitrogens with zero attached hydrogens (tertiary/aromatic N) is 3. The van der Waals surface area contributed by atoms with E-state index in [4.69, 9.17) is 0 Å². The molecule has 0 aliphatic heterocycles. The lowest BCUT2D eigenvalue weighted by atomic mass is 10.2. The third kappa shape index (κ3) is 3.40. The van der Waals surface area contributed by atoms with Crippen molar-refractivity contribution in [1.82, 2.24) is 19.9 Å². The number of likely N-dealkylation sites (N-methyl/N-ethyl adjacent to an activating group) is 1. The summed E-state index contributed by atoms with van der Waals surface area (Å²) in [5.41, 5.74) is 0.684. The van der Waals surface area contributed by atoms with Gasteiger partial charge in [0.05, 0.1) is 15.9 Å². The first kappa shape index (κ1) is 14.9. The molecule has 2 heterocycles. The Kier molecular flexibility index (Phi) is 4.31. The van der Waals surface area contributed by atoms with Crippen LogP contribution in [0, 0.1) is 6.92 Å². The van der Waals surface area contributed by atoms with Crippen LogP contribution in [0.25, 0.3) is 10.9 Å². The van der Waals surface area contributed by atoms with Crippen molar-refractivity contribution in [3.8, 4) is 0 Å². The van der Waals surface area contributed by atoms with Gasteiger partial charge in [0.1, 0.15) is 5.82 Å². The van der Waals surface area contributed by atoms with Crippen LogP contribution in [-0.2, 0) is 13.0 Å². The maximum absolute atomic E-state index is 12.0. The molecule has 114 valence electrons. The van der Waals surface area contributed by atoms with Crippen LogP contribution >= 0.6 is 11.3 Å². The summed E-state index contributed by atoms with van der Waals surface area (Å²) in [4.78, 5) is 27.1. The third-order valence-corrected chi connectivity index (χ3v) is 4.38. The van der Waals surface area contributed by atoms with Crippen LogP contribution in [0.4, 0.5) is 0 Å². The van der Waals surface area contributed by atoms with Crippen molar-refractivity contribution in [2.24, 2.45) is 0 Å². The Morgan fingerprint density at radius 2 is 2.14 bits per heavy atom. The van der Waals surface area contributed by atoms with Gasteiger partial charge in [0.15, 0.2) is 0 Å². The summed E-state index contributed by atoms with van der Waals surface area (Å²) in [5, 5.41) is 1.73. The van der Waals surface area contributed by atoms with E-state index >= 15 is 0 Å². The van der Waals surface area contributed by atoms with E-state index in [1.165, 1.54) is 4.88 Å². The summed E-state index contributed by atoms with van der Waals surface area (Å²) in [6.45, 7) is 3.71. The van der Waals surface area contributed by atoms with Gasteiger partial charge in [0.2, 0.25) is 0 Å². The minimum atomic E-state index is -0.0682. The van der Waals surface area contributed by atoms with Crippen LogP contribution in [0.15, 0.2) is 35.3 Å². The summed E-state index contributed by atoms with van der Waals surface area (Å²) in [7, 11) is 2.06. The SMILES string of the molecule is Cc1ncc(CN(C)CCc2nc3ccccc3c(=O)[nH]2)s1. The van der Waals surface area contributed by atoms with Gasteiger partial charge in [0, 0.05) is 30.6 Å². The van der Waals surface area contributed by atoms with Gasteiger partial charge in [-0.25, -0.2) is 9.97 Å². The van der Waals surface area contributed by atoms with E-state index in [0.717, 1.165) is 29.4 Å². The number of H-pyrrole nitrogens is 1. The van der Waals surface area contributed by atoms with Crippen molar-refractivity contribution in [2.45, 2.75) is 19.9 Å². The molecule has 0 saturated heterocycles. The van der Waals surface area contributed by atoms with Crippen LogP contribution in [0.5, 0.6) is 0 Å². The summed E-state index contributed by atoms with van der Waals surface area (Å²) in [5.74, 6) is 0.732. The molecule has 0 aliphatic carbocycles. The highest BCUT2D eigenvalue weighted by Crippen LogP contribution is 2.13. The van der Waals surface area contributed by atoms with Crippen LogP contribution < -0.4 is 5.56 Å². The zero-order valence-corrected chi connectivity index (χ0v) is 13.5. The van der Waals surface area contributed by atoms with Crippen molar-refractivity contribution < 1.29 is 0 Å². The fraction of sp³-hybridized carbons (Fsp3) is 0.312. The number of nitrogens with one attached hydrogen (secondary N) is 1. The minimum absolute atomic E-state index is 0.0682. The number of rotatable bonds is 5. The van der Waals surface area contributed by atoms with Gasteiger partial charge in [-0.05, 0) is 26.1 Å². The zero-order valence-electron chi connectivity index (χ0n) is 12.7. The normalized spacial score (nSPS) is 11.4. The molecule has 22 heavy (non-hydrogen) atoms. The Balaban J connectivity index is 1.67. The van der Waals surface area contributed by atoms with Crippen LogP contribution in [0.1, 0.15) is 15.7 Å². The number of aromatic nitrogens is 3. The highest BCUT2D eigenvalue weighted by atomic mass is 32.1. The van der Waals surface area contributed by atoms with Crippen molar-refractivity contribution in [2.75, 3.05) is 13.6 Å². The number of para-hydroxylation sites is 1. The fourth-order valence-corrected chi connectivity index (χ4v) is 3.25.